The molecule has 0 unspecified atom stereocenters. The number of aromatic hydroxyl groups is 1. The second-order valence-corrected chi connectivity index (χ2v) is 7.55. The smallest absolute Gasteiger partial charge is 0.471 e. The molecule has 160 valence electrons. The standard InChI is InChI=1S/C16H23F3N2O6S/c1-11-9-13(10-12(2)14(11)22)28(24,25)21-4-6-27-8-7-26-5-3-20-15(23)16(17,18)19/h9-10,21-22H,3-8H2,1-2H3,(H,20,23). The topological polar surface area (TPSA) is 114 Å². The quantitative estimate of drug-likeness (QED) is 0.453. The molecule has 0 heterocycles. The first kappa shape index (κ1) is 24.1. The first-order valence-electron chi connectivity index (χ1n) is 8.25. The summed E-state index contributed by atoms with van der Waals surface area (Å²) in [5.74, 6) is -1.99. The van der Waals surface area contributed by atoms with Crippen LogP contribution in [0.2, 0.25) is 0 Å². The number of alkyl halides is 3. The molecule has 0 aliphatic heterocycles. The zero-order valence-electron chi connectivity index (χ0n) is 15.4. The van der Waals surface area contributed by atoms with Crippen LogP contribution in [0, 0.1) is 13.8 Å². The number of hydrogen-bond acceptors (Lipinski definition) is 6. The maximum absolute atomic E-state index is 12.2. The van der Waals surface area contributed by atoms with Crippen molar-refractivity contribution in [3.63, 3.8) is 0 Å². The van der Waals surface area contributed by atoms with Gasteiger partial charge in [-0.2, -0.15) is 13.2 Å². The summed E-state index contributed by atoms with van der Waals surface area (Å²) in [5.41, 5.74) is 0.889. The molecule has 0 bridgehead atoms. The van der Waals surface area contributed by atoms with Gasteiger partial charge >= 0.3 is 12.1 Å². The summed E-state index contributed by atoms with van der Waals surface area (Å²) in [4.78, 5) is 10.6. The van der Waals surface area contributed by atoms with Gasteiger partial charge in [0.25, 0.3) is 0 Å². The van der Waals surface area contributed by atoms with Crippen LogP contribution in [0.25, 0.3) is 0 Å². The molecule has 1 amide bonds. The van der Waals surface area contributed by atoms with Crippen molar-refractivity contribution >= 4 is 15.9 Å². The van der Waals surface area contributed by atoms with E-state index >= 15 is 0 Å². The van der Waals surface area contributed by atoms with E-state index in [1.54, 1.807) is 19.2 Å². The van der Waals surface area contributed by atoms with E-state index in [0.29, 0.717) is 11.1 Å². The summed E-state index contributed by atoms with van der Waals surface area (Å²) < 4.78 is 72.6. The average Bonchev–Trinajstić information content (AvgIpc) is 2.59. The SMILES string of the molecule is Cc1cc(S(=O)(=O)NCCOCCOCCNC(=O)C(F)(F)F)cc(C)c1O. The molecule has 12 heteroatoms. The highest BCUT2D eigenvalue weighted by Gasteiger charge is 2.38. The van der Waals surface area contributed by atoms with Crippen LogP contribution in [0.3, 0.4) is 0 Å². The molecule has 0 aliphatic rings. The molecule has 1 aromatic rings. The number of carbonyl (C=O) groups excluding carboxylic acids is 1. The van der Waals surface area contributed by atoms with Crippen LogP contribution in [0.1, 0.15) is 11.1 Å². The number of ether oxygens (including phenoxy) is 2. The first-order chi connectivity index (χ1) is 12.9. The molecule has 28 heavy (non-hydrogen) atoms. The highest BCUT2D eigenvalue weighted by molar-refractivity contribution is 7.89. The highest BCUT2D eigenvalue weighted by atomic mass is 32.2. The Morgan fingerprint density at radius 3 is 2.04 bits per heavy atom. The Bertz CT molecular complexity index is 745. The van der Waals surface area contributed by atoms with Gasteiger partial charge in [-0.3, -0.25) is 4.79 Å². The van der Waals surface area contributed by atoms with Crippen molar-refractivity contribution in [1.29, 1.82) is 0 Å². The van der Waals surface area contributed by atoms with Crippen LogP contribution >= 0.6 is 0 Å². The summed E-state index contributed by atoms with van der Waals surface area (Å²) in [6.07, 6.45) is -4.92. The number of rotatable bonds is 11. The Labute approximate surface area is 161 Å². The molecule has 0 radical (unpaired) electrons. The predicted octanol–water partition coefficient (Wildman–Crippen LogP) is 0.999. The molecule has 0 aliphatic carbocycles. The van der Waals surface area contributed by atoms with E-state index in [1.807, 2.05) is 0 Å². The third kappa shape index (κ3) is 8.00. The molecule has 0 spiro atoms. The second kappa shape index (κ2) is 10.6. The molecule has 1 aromatic carbocycles. The van der Waals surface area contributed by atoms with Crippen LogP contribution in [0.4, 0.5) is 13.2 Å². The summed E-state index contributed by atoms with van der Waals surface area (Å²) in [6, 6.07) is 2.72. The Hall–Kier alpha value is -1.89. The van der Waals surface area contributed by atoms with Gasteiger partial charge in [0.15, 0.2) is 0 Å². The molecule has 0 atom stereocenters. The molecular weight excluding hydrogens is 405 g/mol. The van der Waals surface area contributed by atoms with Crippen molar-refractivity contribution in [2.45, 2.75) is 24.9 Å². The van der Waals surface area contributed by atoms with E-state index in [0.717, 1.165) is 0 Å². The number of phenols is 1. The molecule has 0 saturated heterocycles. The Morgan fingerprint density at radius 1 is 1.04 bits per heavy atom. The molecule has 0 fully saturated rings. The summed E-state index contributed by atoms with van der Waals surface area (Å²) in [5, 5.41) is 11.3. The van der Waals surface area contributed by atoms with Crippen molar-refractivity contribution in [1.82, 2.24) is 10.0 Å². The van der Waals surface area contributed by atoms with Gasteiger partial charge in [-0.25, -0.2) is 13.1 Å². The first-order valence-corrected chi connectivity index (χ1v) is 9.74. The molecule has 0 saturated carbocycles. The van der Waals surface area contributed by atoms with Gasteiger partial charge < -0.3 is 19.9 Å². The molecule has 8 nitrogen and oxygen atoms in total. The lowest BCUT2D eigenvalue weighted by molar-refractivity contribution is -0.173. The lowest BCUT2D eigenvalue weighted by Crippen LogP contribution is -2.38. The van der Waals surface area contributed by atoms with Crippen molar-refractivity contribution in [3.8, 4) is 5.75 Å². The van der Waals surface area contributed by atoms with Crippen molar-refractivity contribution in [2.24, 2.45) is 0 Å². The van der Waals surface area contributed by atoms with E-state index in [2.05, 4.69) is 4.72 Å². The van der Waals surface area contributed by atoms with Crippen LogP contribution in [0.15, 0.2) is 17.0 Å². The summed E-state index contributed by atoms with van der Waals surface area (Å²) >= 11 is 0. The minimum absolute atomic E-state index is 0.00292. The van der Waals surface area contributed by atoms with Gasteiger partial charge in [-0.1, -0.05) is 0 Å². The third-order valence-electron chi connectivity index (χ3n) is 3.47. The molecule has 0 aromatic heterocycles. The van der Waals surface area contributed by atoms with Crippen molar-refractivity contribution in [3.05, 3.63) is 23.3 Å². The predicted molar refractivity (Wildman–Crippen MR) is 93.5 cm³/mol. The van der Waals surface area contributed by atoms with E-state index in [1.165, 1.54) is 12.1 Å². The normalized spacial score (nSPS) is 12.2. The number of benzene rings is 1. The highest BCUT2D eigenvalue weighted by Crippen LogP contribution is 2.25. The number of carbonyl (C=O) groups is 1. The Kier molecular flexibility index (Phi) is 9.14. The number of amides is 1. The largest absolute Gasteiger partial charge is 0.507 e. The van der Waals surface area contributed by atoms with E-state index < -0.39 is 22.1 Å². The zero-order valence-corrected chi connectivity index (χ0v) is 16.2. The maximum atomic E-state index is 12.2. The van der Waals surface area contributed by atoms with Crippen molar-refractivity contribution < 1.29 is 41.0 Å². The number of halogens is 3. The fourth-order valence-electron chi connectivity index (χ4n) is 2.06. The van der Waals surface area contributed by atoms with Gasteiger partial charge in [0.2, 0.25) is 10.0 Å². The third-order valence-corrected chi connectivity index (χ3v) is 4.92. The van der Waals surface area contributed by atoms with Crippen LogP contribution in [-0.2, 0) is 24.3 Å². The van der Waals surface area contributed by atoms with Gasteiger partial charge in [-0.05, 0) is 37.1 Å². The number of sulfonamides is 1. The summed E-state index contributed by atoms with van der Waals surface area (Å²) in [7, 11) is -3.75. The van der Waals surface area contributed by atoms with Crippen LogP contribution < -0.4 is 10.0 Å². The van der Waals surface area contributed by atoms with Crippen LogP contribution in [-0.4, -0.2) is 65.1 Å². The summed E-state index contributed by atoms with van der Waals surface area (Å²) in [6.45, 7) is 3.03. The molecule has 1 rings (SSSR count). The van der Waals surface area contributed by atoms with Crippen molar-refractivity contribution in [2.75, 3.05) is 39.5 Å². The lowest BCUT2D eigenvalue weighted by atomic mass is 10.1. The van der Waals surface area contributed by atoms with Crippen LogP contribution in [0.5, 0.6) is 5.75 Å². The second-order valence-electron chi connectivity index (χ2n) is 5.78. The monoisotopic (exact) mass is 428 g/mol. The number of phenolic OH excluding ortho intramolecular Hbond substituents is 1. The average molecular weight is 428 g/mol. The van der Waals surface area contributed by atoms with E-state index in [9.17, 15) is 31.5 Å². The number of nitrogens with one attached hydrogen (secondary N) is 2. The molecular formula is C16H23F3N2O6S. The van der Waals surface area contributed by atoms with Gasteiger partial charge in [0.1, 0.15) is 5.75 Å². The number of hydrogen-bond donors (Lipinski definition) is 3. The van der Waals surface area contributed by atoms with Gasteiger partial charge in [0.05, 0.1) is 31.3 Å². The van der Waals surface area contributed by atoms with E-state index in [-0.39, 0.29) is 50.2 Å². The van der Waals surface area contributed by atoms with Gasteiger partial charge in [0, 0.05) is 13.1 Å². The number of aryl methyl sites for hydroxylation is 2. The van der Waals surface area contributed by atoms with Gasteiger partial charge in [-0.15, -0.1) is 0 Å². The van der Waals surface area contributed by atoms with E-state index in [4.69, 9.17) is 9.47 Å². The zero-order chi connectivity index (χ0) is 21.4. The fraction of sp³-hybridized carbons (Fsp3) is 0.562. The lowest BCUT2D eigenvalue weighted by Gasteiger charge is -2.11. The Morgan fingerprint density at radius 2 is 1.54 bits per heavy atom. The fourth-order valence-corrected chi connectivity index (χ4v) is 3.24. The Balaban J connectivity index is 2.18. The maximum Gasteiger partial charge on any atom is 0.471 e. The minimum atomic E-state index is -4.92. The molecule has 3 N–H and O–H groups in total. The minimum Gasteiger partial charge on any atom is -0.507 e.